The standard InChI is InChI=1S/C69H129NO8/c1-3-5-7-9-11-13-15-17-19-21-23-25-27-29-30-31-32-33-35-36-38-40-42-44-46-48-50-52-54-56-58-63(72)62(61-77-69-68(76)67(75)66(74)64(60-71)78-69)70-65(73)59-57-55-53-51-49-47-45-43-41-39-37-34-28-26-24-22-20-18-16-14-12-10-8-6-4-2/h16,18,22,24,48,50,56,58,62-64,66-69,71-72,74-76H,3-15,17,19-21,23,25-47,49,51-55,57,59-61H2,1-2H3,(H,70,73)/b18-16-,24-22-,50-48+,58-56+. The Bertz CT molecular complexity index is 1370. The Morgan fingerprint density at radius 3 is 1.15 bits per heavy atom. The van der Waals surface area contributed by atoms with Crippen LogP contribution in [0.15, 0.2) is 48.6 Å². The number of carbonyl (C=O) groups excluding carboxylic acids is 1. The minimum absolute atomic E-state index is 0.184. The minimum Gasteiger partial charge on any atom is -0.394 e. The number of hydrogen-bond donors (Lipinski definition) is 6. The molecule has 0 spiro atoms. The van der Waals surface area contributed by atoms with E-state index in [0.29, 0.717) is 6.42 Å². The molecule has 6 N–H and O–H groups in total. The van der Waals surface area contributed by atoms with Gasteiger partial charge >= 0.3 is 0 Å². The highest BCUT2D eigenvalue weighted by atomic mass is 16.7. The molecule has 1 heterocycles. The molecule has 7 unspecified atom stereocenters. The van der Waals surface area contributed by atoms with Gasteiger partial charge in [-0.15, -0.1) is 0 Å². The molecule has 7 atom stereocenters. The number of carbonyl (C=O) groups is 1. The molecule has 1 amide bonds. The van der Waals surface area contributed by atoms with Crippen LogP contribution in [-0.4, -0.2) is 87.5 Å². The average Bonchev–Trinajstić information content (AvgIpc) is 3.45. The summed E-state index contributed by atoms with van der Waals surface area (Å²) in [5.41, 5.74) is 0. The number of amides is 1. The molecule has 0 aromatic rings. The van der Waals surface area contributed by atoms with E-state index >= 15 is 0 Å². The summed E-state index contributed by atoms with van der Waals surface area (Å²) in [4.78, 5) is 13.1. The van der Waals surface area contributed by atoms with Crippen molar-refractivity contribution in [2.24, 2.45) is 0 Å². The summed E-state index contributed by atoms with van der Waals surface area (Å²) in [6, 6.07) is -0.824. The Morgan fingerprint density at radius 2 is 0.769 bits per heavy atom. The second kappa shape index (κ2) is 58.4. The van der Waals surface area contributed by atoms with Crippen LogP contribution in [0.5, 0.6) is 0 Å². The largest absolute Gasteiger partial charge is 0.394 e. The van der Waals surface area contributed by atoms with Crippen LogP contribution in [0.2, 0.25) is 0 Å². The maximum absolute atomic E-state index is 13.1. The van der Waals surface area contributed by atoms with Crippen molar-refractivity contribution in [3.63, 3.8) is 0 Å². The highest BCUT2D eigenvalue weighted by Crippen LogP contribution is 2.23. The van der Waals surface area contributed by atoms with Crippen LogP contribution in [0.1, 0.15) is 328 Å². The van der Waals surface area contributed by atoms with Gasteiger partial charge in [0.05, 0.1) is 25.4 Å². The quantitative estimate of drug-likeness (QED) is 0.0261. The lowest BCUT2D eigenvalue weighted by Gasteiger charge is -2.40. The lowest BCUT2D eigenvalue weighted by atomic mass is 9.99. The van der Waals surface area contributed by atoms with E-state index in [2.05, 4.69) is 55.6 Å². The topological polar surface area (TPSA) is 149 Å². The second-order valence-electron chi connectivity index (χ2n) is 23.6. The number of ether oxygens (including phenoxy) is 2. The summed E-state index contributed by atoms with van der Waals surface area (Å²) < 4.78 is 11.3. The van der Waals surface area contributed by atoms with Gasteiger partial charge in [-0.1, -0.05) is 306 Å². The fourth-order valence-electron chi connectivity index (χ4n) is 10.8. The summed E-state index contributed by atoms with van der Waals surface area (Å²) in [5.74, 6) is -0.184. The molecule has 1 rings (SSSR count). The summed E-state index contributed by atoms with van der Waals surface area (Å²) in [6.07, 6.45) is 72.1. The van der Waals surface area contributed by atoms with Gasteiger partial charge in [0.2, 0.25) is 5.91 Å². The van der Waals surface area contributed by atoms with Crippen molar-refractivity contribution >= 4 is 5.91 Å². The normalized spacial score (nSPS) is 18.9. The maximum atomic E-state index is 13.1. The van der Waals surface area contributed by atoms with Crippen LogP contribution in [0.3, 0.4) is 0 Å². The Morgan fingerprint density at radius 1 is 0.436 bits per heavy atom. The molecule has 0 aromatic heterocycles. The Kier molecular flexibility index (Phi) is 55.5. The fraction of sp³-hybridized carbons (Fsp3) is 0.870. The van der Waals surface area contributed by atoms with Crippen molar-refractivity contribution in [3.05, 3.63) is 48.6 Å². The van der Waals surface area contributed by atoms with Gasteiger partial charge in [0, 0.05) is 6.42 Å². The summed E-state index contributed by atoms with van der Waals surface area (Å²) in [7, 11) is 0. The minimum atomic E-state index is -1.57. The van der Waals surface area contributed by atoms with Crippen molar-refractivity contribution < 1.29 is 39.8 Å². The van der Waals surface area contributed by atoms with Crippen molar-refractivity contribution in [1.29, 1.82) is 0 Å². The van der Waals surface area contributed by atoms with Crippen molar-refractivity contribution in [1.82, 2.24) is 5.32 Å². The predicted octanol–water partition coefficient (Wildman–Crippen LogP) is 18.0. The van der Waals surface area contributed by atoms with Gasteiger partial charge in [-0.3, -0.25) is 4.79 Å². The molecule has 458 valence electrons. The van der Waals surface area contributed by atoms with Crippen LogP contribution in [0.4, 0.5) is 0 Å². The van der Waals surface area contributed by atoms with Gasteiger partial charge in [-0.05, 0) is 64.2 Å². The van der Waals surface area contributed by atoms with Gasteiger partial charge < -0.3 is 40.3 Å². The van der Waals surface area contributed by atoms with Crippen LogP contribution < -0.4 is 5.32 Å². The first-order chi connectivity index (χ1) is 38.3. The molecular weight excluding hydrogens is 971 g/mol. The lowest BCUT2D eigenvalue weighted by Crippen LogP contribution is -2.60. The van der Waals surface area contributed by atoms with Crippen LogP contribution >= 0.6 is 0 Å². The molecule has 0 aliphatic carbocycles. The molecule has 0 bridgehead atoms. The highest BCUT2D eigenvalue weighted by molar-refractivity contribution is 5.76. The first-order valence-electron chi connectivity index (χ1n) is 33.9. The van der Waals surface area contributed by atoms with Crippen LogP contribution in [0.25, 0.3) is 0 Å². The smallest absolute Gasteiger partial charge is 0.220 e. The molecule has 78 heavy (non-hydrogen) atoms. The monoisotopic (exact) mass is 1100 g/mol. The van der Waals surface area contributed by atoms with E-state index in [4.69, 9.17) is 9.47 Å². The summed E-state index contributed by atoms with van der Waals surface area (Å²) >= 11 is 0. The zero-order valence-corrected chi connectivity index (χ0v) is 51.2. The predicted molar refractivity (Wildman–Crippen MR) is 332 cm³/mol. The molecule has 1 saturated heterocycles. The first kappa shape index (κ1) is 74.2. The number of unbranched alkanes of at least 4 members (excludes halogenated alkanes) is 43. The van der Waals surface area contributed by atoms with Crippen molar-refractivity contribution in [2.45, 2.75) is 371 Å². The van der Waals surface area contributed by atoms with E-state index in [1.54, 1.807) is 6.08 Å². The molecule has 9 heteroatoms. The molecule has 0 radical (unpaired) electrons. The number of hydrogen-bond acceptors (Lipinski definition) is 8. The number of aliphatic hydroxyl groups is 5. The van der Waals surface area contributed by atoms with Crippen molar-refractivity contribution in [2.75, 3.05) is 13.2 Å². The number of nitrogens with one attached hydrogen (secondary N) is 1. The third-order valence-corrected chi connectivity index (χ3v) is 16.1. The lowest BCUT2D eigenvalue weighted by molar-refractivity contribution is -0.302. The molecule has 9 nitrogen and oxygen atoms in total. The summed E-state index contributed by atoms with van der Waals surface area (Å²) in [6.45, 7) is 3.80. The number of aliphatic hydroxyl groups excluding tert-OH is 5. The SMILES string of the molecule is CCCCCCC/C=C\C/C=C\CCCCCCCCCCCCCCCC(=O)NC(COC1OC(CO)C(O)C(O)C1O)C(O)/C=C/CC/C=C/CCCCCCCCCCCCCCCCCCCCCCCCCC. The van der Waals surface area contributed by atoms with E-state index in [1.807, 2.05) is 6.08 Å². The Hall–Kier alpha value is -1.85. The van der Waals surface area contributed by atoms with E-state index in [-0.39, 0.29) is 12.5 Å². The molecule has 1 aliphatic rings. The zero-order valence-electron chi connectivity index (χ0n) is 51.2. The second-order valence-corrected chi connectivity index (χ2v) is 23.6. The van der Waals surface area contributed by atoms with Gasteiger partial charge in [0.25, 0.3) is 0 Å². The van der Waals surface area contributed by atoms with Gasteiger partial charge in [-0.2, -0.15) is 0 Å². The van der Waals surface area contributed by atoms with Crippen LogP contribution in [0, 0.1) is 0 Å². The van der Waals surface area contributed by atoms with E-state index in [1.165, 1.54) is 263 Å². The van der Waals surface area contributed by atoms with E-state index in [0.717, 1.165) is 44.9 Å². The maximum Gasteiger partial charge on any atom is 0.220 e. The highest BCUT2D eigenvalue weighted by Gasteiger charge is 2.44. The van der Waals surface area contributed by atoms with Crippen molar-refractivity contribution in [3.8, 4) is 0 Å². The fourth-order valence-corrected chi connectivity index (χ4v) is 10.8. The van der Waals surface area contributed by atoms with Crippen LogP contribution in [-0.2, 0) is 14.3 Å². The average molecular weight is 1100 g/mol. The van der Waals surface area contributed by atoms with E-state index < -0.39 is 49.5 Å². The summed E-state index contributed by atoms with van der Waals surface area (Å²) in [5, 5.41) is 54.7. The Balaban J connectivity index is 2.17. The third-order valence-electron chi connectivity index (χ3n) is 16.1. The Labute approximate surface area is 482 Å². The van der Waals surface area contributed by atoms with Gasteiger partial charge in [-0.25, -0.2) is 0 Å². The molecular formula is C69H129NO8. The van der Waals surface area contributed by atoms with Gasteiger partial charge in [0.15, 0.2) is 6.29 Å². The third kappa shape index (κ3) is 46.7. The van der Waals surface area contributed by atoms with E-state index in [9.17, 15) is 30.3 Å². The molecule has 1 aliphatic heterocycles. The van der Waals surface area contributed by atoms with Gasteiger partial charge in [0.1, 0.15) is 24.4 Å². The molecule has 0 aromatic carbocycles. The first-order valence-corrected chi connectivity index (χ1v) is 33.9. The zero-order chi connectivity index (χ0) is 56.5. The molecule has 1 fully saturated rings. The molecule has 0 saturated carbocycles. The number of allylic oxidation sites excluding steroid dienone is 7. The number of rotatable bonds is 59.